The van der Waals surface area contributed by atoms with E-state index in [2.05, 4.69) is 13.2 Å². The number of benzene rings is 3. The average molecular weight is 585 g/mol. The Bertz CT molecular complexity index is 1430. The third kappa shape index (κ3) is 8.13. The highest BCUT2D eigenvalue weighted by Crippen LogP contribution is 2.30. The van der Waals surface area contributed by atoms with Gasteiger partial charge in [-0.3, -0.25) is 0 Å². The Kier molecular flexibility index (Phi) is 9.92. The van der Waals surface area contributed by atoms with Gasteiger partial charge in [0.1, 0.15) is 29.5 Å². The van der Waals surface area contributed by atoms with E-state index in [-0.39, 0.29) is 30.0 Å². The summed E-state index contributed by atoms with van der Waals surface area (Å²) in [6.45, 7) is 8.56. The van der Waals surface area contributed by atoms with Crippen molar-refractivity contribution in [2.75, 3.05) is 13.2 Å². The number of cyclic esters (lactones) is 2. The molecule has 43 heavy (non-hydrogen) atoms. The summed E-state index contributed by atoms with van der Waals surface area (Å²) in [6, 6.07) is 20.3. The lowest BCUT2D eigenvalue weighted by Gasteiger charge is -2.11. The highest BCUT2D eigenvalue weighted by molar-refractivity contribution is 5.90. The Balaban J connectivity index is 1.04. The van der Waals surface area contributed by atoms with Gasteiger partial charge in [-0.15, -0.1) is 0 Å². The minimum absolute atomic E-state index is 0.0555. The fourth-order valence-corrected chi connectivity index (χ4v) is 5.32. The molecule has 5 rings (SSSR count). The SMILES string of the molecule is C=C1CC(CCCCOc2ccc(-c3ccc(-c4ccc(OCCCCC5CC(=C)C(=O)O5)cc4)c(F)c3)cc2)OC1=O. The molecular weight excluding hydrogens is 547 g/mol. The van der Waals surface area contributed by atoms with Crippen LogP contribution in [0.3, 0.4) is 0 Å². The van der Waals surface area contributed by atoms with Gasteiger partial charge in [-0.25, -0.2) is 14.0 Å². The first-order valence-electron chi connectivity index (χ1n) is 14.9. The number of carbonyl (C=O) groups excluding carboxylic acids is 2. The number of rotatable bonds is 14. The van der Waals surface area contributed by atoms with Crippen molar-refractivity contribution in [2.24, 2.45) is 0 Å². The highest BCUT2D eigenvalue weighted by atomic mass is 19.1. The van der Waals surface area contributed by atoms with E-state index in [1.165, 1.54) is 0 Å². The smallest absolute Gasteiger partial charge is 0.333 e. The molecule has 3 aromatic carbocycles. The van der Waals surface area contributed by atoms with Gasteiger partial charge in [0.25, 0.3) is 0 Å². The molecule has 2 fully saturated rings. The van der Waals surface area contributed by atoms with Crippen LogP contribution in [0.25, 0.3) is 22.3 Å². The Hall–Kier alpha value is -4.39. The van der Waals surface area contributed by atoms with Crippen molar-refractivity contribution in [3.05, 3.63) is 96.9 Å². The molecule has 0 bridgehead atoms. The van der Waals surface area contributed by atoms with Crippen molar-refractivity contribution in [1.29, 1.82) is 0 Å². The van der Waals surface area contributed by atoms with E-state index >= 15 is 4.39 Å². The quantitative estimate of drug-likeness (QED) is 0.109. The van der Waals surface area contributed by atoms with Crippen LogP contribution in [0.15, 0.2) is 91.0 Å². The molecule has 224 valence electrons. The summed E-state index contributed by atoms with van der Waals surface area (Å²) in [7, 11) is 0. The molecule has 2 heterocycles. The van der Waals surface area contributed by atoms with Crippen LogP contribution in [0.5, 0.6) is 11.5 Å². The molecule has 2 saturated heterocycles. The highest BCUT2D eigenvalue weighted by Gasteiger charge is 2.27. The largest absolute Gasteiger partial charge is 0.494 e. The predicted molar refractivity (Wildman–Crippen MR) is 163 cm³/mol. The van der Waals surface area contributed by atoms with E-state index in [4.69, 9.17) is 18.9 Å². The molecule has 7 heteroatoms. The summed E-state index contributed by atoms with van der Waals surface area (Å²) < 4.78 is 37.3. The van der Waals surface area contributed by atoms with Crippen molar-refractivity contribution in [3.63, 3.8) is 0 Å². The van der Waals surface area contributed by atoms with Crippen LogP contribution in [-0.2, 0) is 19.1 Å². The van der Waals surface area contributed by atoms with Gasteiger partial charge in [0, 0.05) is 29.6 Å². The molecule has 0 amide bonds. The van der Waals surface area contributed by atoms with Gasteiger partial charge in [-0.05, 0) is 85.5 Å². The van der Waals surface area contributed by atoms with Crippen LogP contribution in [-0.4, -0.2) is 37.4 Å². The number of hydrogen-bond acceptors (Lipinski definition) is 6. The maximum Gasteiger partial charge on any atom is 0.333 e. The van der Waals surface area contributed by atoms with E-state index in [0.717, 1.165) is 66.7 Å². The van der Waals surface area contributed by atoms with Crippen LogP contribution in [0.1, 0.15) is 51.4 Å². The number of ether oxygens (including phenoxy) is 4. The minimum Gasteiger partial charge on any atom is -0.494 e. The van der Waals surface area contributed by atoms with Crippen LogP contribution >= 0.6 is 0 Å². The lowest BCUT2D eigenvalue weighted by molar-refractivity contribution is -0.140. The standard InChI is InChI=1S/C36H37FO6/c1-24-21-31(42-35(24)38)7-3-5-19-40-29-14-9-26(10-15-29)28-13-18-33(34(37)23-28)27-11-16-30(17-12-27)41-20-6-4-8-32-22-25(2)36(39)43-32/h9-18,23,31-32H,1-8,19-22H2. The molecule has 2 atom stereocenters. The second-order valence-electron chi connectivity index (χ2n) is 11.1. The van der Waals surface area contributed by atoms with Crippen molar-refractivity contribution in [2.45, 2.75) is 63.6 Å². The van der Waals surface area contributed by atoms with E-state index in [1.54, 1.807) is 12.1 Å². The number of esters is 2. The molecule has 0 aromatic heterocycles. The third-order valence-corrected chi connectivity index (χ3v) is 7.77. The molecule has 6 nitrogen and oxygen atoms in total. The van der Waals surface area contributed by atoms with E-state index in [9.17, 15) is 9.59 Å². The second kappa shape index (κ2) is 14.2. The number of unbranched alkanes of at least 4 members (excludes halogenated alkanes) is 2. The molecule has 0 N–H and O–H groups in total. The van der Waals surface area contributed by atoms with Crippen molar-refractivity contribution >= 4 is 11.9 Å². The molecule has 0 saturated carbocycles. The van der Waals surface area contributed by atoms with Gasteiger partial charge in [-0.1, -0.05) is 49.6 Å². The second-order valence-corrected chi connectivity index (χ2v) is 11.1. The van der Waals surface area contributed by atoms with Crippen molar-refractivity contribution in [1.82, 2.24) is 0 Å². The first kappa shape index (κ1) is 30.1. The number of halogens is 1. The molecule has 0 spiro atoms. The van der Waals surface area contributed by atoms with Gasteiger partial charge in [0.05, 0.1) is 13.2 Å². The molecule has 3 aromatic rings. The zero-order valence-electron chi connectivity index (χ0n) is 24.3. The van der Waals surface area contributed by atoms with Gasteiger partial charge >= 0.3 is 11.9 Å². The summed E-state index contributed by atoms with van der Waals surface area (Å²) in [5.41, 5.74) is 4.10. The summed E-state index contributed by atoms with van der Waals surface area (Å²) in [5, 5.41) is 0. The Morgan fingerprint density at radius 2 is 1.12 bits per heavy atom. The summed E-state index contributed by atoms with van der Waals surface area (Å²) in [4.78, 5) is 22.8. The van der Waals surface area contributed by atoms with Crippen LogP contribution in [0.4, 0.5) is 4.39 Å². The van der Waals surface area contributed by atoms with Gasteiger partial charge in [0.2, 0.25) is 0 Å². The molecular formula is C36H37FO6. The molecule has 0 aliphatic carbocycles. The summed E-state index contributed by atoms with van der Waals surface area (Å²) >= 11 is 0. The average Bonchev–Trinajstić information content (AvgIpc) is 3.51. The van der Waals surface area contributed by atoms with Gasteiger partial charge in [0.15, 0.2) is 0 Å². The maximum absolute atomic E-state index is 15.1. The molecule has 2 aliphatic heterocycles. The predicted octanol–water partition coefficient (Wildman–Crippen LogP) is 8.00. The van der Waals surface area contributed by atoms with Gasteiger partial charge in [-0.2, -0.15) is 0 Å². The number of hydrogen-bond donors (Lipinski definition) is 0. The van der Waals surface area contributed by atoms with Crippen LogP contribution in [0.2, 0.25) is 0 Å². The Morgan fingerprint density at radius 3 is 1.56 bits per heavy atom. The molecule has 2 aliphatic rings. The Morgan fingerprint density at radius 1 is 0.651 bits per heavy atom. The normalized spacial score (nSPS) is 18.1. The van der Waals surface area contributed by atoms with Crippen LogP contribution < -0.4 is 9.47 Å². The van der Waals surface area contributed by atoms with Crippen molar-refractivity contribution < 1.29 is 32.9 Å². The van der Waals surface area contributed by atoms with E-state index in [0.29, 0.717) is 42.8 Å². The van der Waals surface area contributed by atoms with E-state index in [1.807, 2.05) is 54.6 Å². The monoisotopic (exact) mass is 584 g/mol. The van der Waals surface area contributed by atoms with Gasteiger partial charge < -0.3 is 18.9 Å². The topological polar surface area (TPSA) is 71.1 Å². The lowest BCUT2D eigenvalue weighted by atomic mass is 9.99. The lowest BCUT2D eigenvalue weighted by Crippen LogP contribution is -2.07. The zero-order valence-corrected chi connectivity index (χ0v) is 24.3. The maximum atomic E-state index is 15.1. The molecule has 2 unspecified atom stereocenters. The van der Waals surface area contributed by atoms with Crippen LogP contribution in [0, 0.1) is 5.82 Å². The Labute approximate surface area is 252 Å². The van der Waals surface area contributed by atoms with E-state index < -0.39 is 0 Å². The summed E-state index contributed by atoms with van der Waals surface area (Å²) in [5.74, 6) is 0.634. The van der Waals surface area contributed by atoms with Crippen molar-refractivity contribution in [3.8, 4) is 33.8 Å². The fourth-order valence-electron chi connectivity index (χ4n) is 5.32. The first-order chi connectivity index (χ1) is 20.9. The first-order valence-corrected chi connectivity index (χ1v) is 14.9. The fraction of sp³-hybridized carbons (Fsp3) is 0.333. The zero-order chi connectivity index (χ0) is 30.2. The minimum atomic E-state index is -0.293. The summed E-state index contributed by atoms with van der Waals surface area (Å²) in [6.07, 6.45) is 6.25. The number of carbonyl (C=O) groups is 2. The third-order valence-electron chi connectivity index (χ3n) is 7.77. The molecule has 0 radical (unpaired) electrons.